The van der Waals surface area contributed by atoms with Crippen LogP contribution in [0.1, 0.15) is 51.7 Å². The topological polar surface area (TPSA) is 115 Å². The van der Waals surface area contributed by atoms with Crippen molar-refractivity contribution >= 4 is 11.6 Å². The number of amides is 1. The van der Waals surface area contributed by atoms with Crippen molar-refractivity contribution in [1.29, 1.82) is 0 Å². The second kappa shape index (κ2) is 12.4. The first-order chi connectivity index (χ1) is 20.4. The lowest BCUT2D eigenvalue weighted by Crippen LogP contribution is -2.62. The molecule has 2 aromatic rings. The molecule has 0 radical (unpaired) electrons. The summed E-state index contributed by atoms with van der Waals surface area (Å²) >= 11 is 0. The van der Waals surface area contributed by atoms with Crippen LogP contribution in [0.3, 0.4) is 0 Å². The number of para-hydroxylation sites is 1. The van der Waals surface area contributed by atoms with Gasteiger partial charge in [-0.3, -0.25) is 9.63 Å². The summed E-state index contributed by atoms with van der Waals surface area (Å²) in [5.74, 6) is 1.38. The summed E-state index contributed by atoms with van der Waals surface area (Å²) in [6.45, 7) is 8.38. The van der Waals surface area contributed by atoms with E-state index in [0.717, 1.165) is 34.4 Å². The van der Waals surface area contributed by atoms with Gasteiger partial charge in [-0.25, -0.2) is 0 Å². The molecule has 3 saturated carbocycles. The van der Waals surface area contributed by atoms with Gasteiger partial charge in [0.1, 0.15) is 17.9 Å². The summed E-state index contributed by atoms with van der Waals surface area (Å²) < 4.78 is 5.95. The summed E-state index contributed by atoms with van der Waals surface area (Å²) in [4.78, 5) is 22.2. The molecule has 4 N–H and O–H groups in total. The highest BCUT2D eigenvalue weighted by Gasteiger charge is 2.57. The average Bonchev–Trinajstić information content (AvgIpc) is 3.36. The zero-order valence-electron chi connectivity index (χ0n) is 26.6. The molecule has 236 valence electrons. The number of methoxy groups -OCH3 is 1. The average molecular weight is 596 g/mol. The van der Waals surface area contributed by atoms with Gasteiger partial charge in [-0.15, -0.1) is 0 Å². The minimum Gasteiger partial charge on any atom is -0.496 e. The maximum Gasteiger partial charge on any atom is 0.240 e. The first-order valence-corrected chi connectivity index (χ1v) is 15.5. The van der Waals surface area contributed by atoms with Crippen LogP contribution in [-0.4, -0.2) is 78.4 Å². The third-order valence-electron chi connectivity index (χ3n) is 10.7. The number of anilines is 1. The lowest BCUT2D eigenvalue weighted by Gasteiger charge is -2.62. The Morgan fingerprint density at radius 3 is 2.53 bits per heavy atom. The fourth-order valence-corrected chi connectivity index (χ4v) is 8.01. The van der Waals surface area contributed by atoms with E-state index in [4.69, 9.17) is 9.57 Å². The molecule has 8 atom stereocenters. The minimum absolute atomic E-state index is 0.0662. The van der Waals surface area contributed by atoms with Crippen molar-refractivity contribution in [3.8, 4) is 16.9 Å². The molecule has 2 unspecified atom stereocenters. The van der Waals surface area contributed by atoms with Crippen molar-refractivity contribution in [2.24, 2.45) is 29.1 Å². The van der Waals surface area contributed by atoms with Gasteiger partial charge >= 0.3 is 0 Å². The van der Waals surface area contributed by atoms with Gasteiger partial charge in [0.2, 0.25) is 5.91 Å². The number of hydrogen-bond acceptors (Lipinski definition) is 8. The molecule has 1 heterocycles. The number of rotatable bonds is 10. The van der Waals surface area contributed by atoms with Crippen LogP contribution in [-0.2, 0) is 22.8 Å². The molecule has 1 aliphatic heterocycles. The third-order valence-corrected chi connectivity index (χ3v) is 10.7. The summed E-state index contributed by atoms with van der Waals surface area (Å²) in [6, 6.07) is 11.1. The van der Waals surface area contributed by atoms with Crippen molar-refractivity contribution in [3.63, 3.8) is 0 Å². The Balaban J connectivity index is 1.45. The SMILES string of the molecule is COc1c(CN2O[C@@H](CO)[C@H](C(C)O)[C@H]2C(=O)N[C@H]2CC3C[C@@H]([C@@H]2C)C3(C)C)cccc1-c1cc(CO)cc(N(C)C)c1. The predicted molar refractivity (Wildman–Crippen MR) is 166 cm³/mol. The number of aliphatic hydroxyl groups excluding tert-OH is 3. The van der Waals surface area contributed by atoms with Crippen molar-refractivity contribution in [3.05, 3.63) is 47.5 Å². The Hall–Kier alpha value is -2.69. The van der Waals surface area contributed by atoms with E-state index in [1.807, 2.05) is 55.4 Å². The number of hydrogen-bond donors (Lipinski definition) is 4. The maximum atomic E-state index is 14.0. The molecular formula is C34H49N3O6. The summed E-state index contributed by atoms with van der Waals surface area (Å²) in [5, 5.41) is 35.9. The number of nitrogens with one attached hydrogen (secondary N) is 1. The van der Waals surface area contributed by atoms with Crippen molar-refractivity contribution in [2.45, 2.75) is 78.0 Å². The van der Waals surface area contributed by atoms with E-state index >= 15 is 0 Å². The number of fused-ring (bicyclic) bond motifs is 2. The van der Waals surface area contributed by atoms with Crippen molar-refractivity contribution in [2.75, 3.05) is 32.7 Å². The fourth-order valence-electron chi connectivity index (χ4n) is 8.01. The van der Waals surface area contributed by atoms with E-state index in [2.05, 4.69) is 26.1 Å². The quantitative estimate of drug-likeness (QED) is 0.330. The third kappa shape index (κ3) is 5.78. The normalized spacial score (nSPS) is 30.4. The standard InChI is InChI=1S/C34H49N3O6/c1-19-27-14-24(34(27,3)4)15-28(19)35-33(41)31-30(20(2)40)29(18-39)43-37(31)16-22-9-8-10-26(32(22)42-7)23-11-21(17-38)12-25(13-23)36(5)6/h8-13,19-20,24,27-31,38-40H,14-18H2,1-7H3,(H,35,41)/t19-,20?,24?,27-,28-,29-,30-,31-/m0/s1. The Morgan fingerprint density at radius 1 is 1.21 bits per heavy atom. The van der Waals surface area contributed by atoms with Gasteiger partial charge in [-0.05, 0) is 72.3 Å². The Kier molecular flexibility index (Phi) is 9.12. The highest BCUT2D eigenvalue weighted by molar-refractivity contribution is 5.83. The number of benzene rings is 2. The molecule has 4 aliphatic rings. The molecule has 2 aromatic carbocycles. The van der Waals surface area contributed by atoms with E-state index in [1.165, 1.54) is 6.42 Å². The molecule has 6 rings (SSSR count). The lowest BCUT2D eigenvalue weighted by atomic mass is 9.45. The molecular weight excluding hydrogens is 546 g/mol. The second-order valence-electron chi connectivity index (χ2n) is 13.7. The number of aliphatic hydroxyl groups is 3. The van der Waals surface area contributed by atoms with E-state index in [9.17, 15) is 20.1 Å². The van der Waals surface area contributed by atoms with Gasteiger partial charge in [0.25, 0.3) is 0 Å². The smallest absolute Gasteiger partial charge is 0.240 e. The van der Waals surface area contributed by atoms with Gasteiger partial charge in [-0.2, -0.15) is 5.06 Å². The van der Waals surface area contributed by atoms with Gasteiger partial charge < -0.3 is 30.3 Å². The van der Waals surface area contributed by atoms with E-state index in [0.29, 0.717) is 28.9 Å². The number of hydroxylamine groups is 2. The second-order valence-corrected chi connectivity index (χ2v) is 13.7. The molecule has 1 saturated heterocycles. The zero-order chi connectivity index (χ0) is 31.2. The van der Waals surface area contributed by atoms with Crippen LogP contribution in [0, 0.1) is 29.1 Å². The summed E-state index contributed by atoms with van der Waals surface area (Å²) in [6.07, 6.45) is 0.581. The zero-order valence-corrected chi connectivity index (χ0v) is 26.6. The van der Waals surface area contributed by atoms with Crippen LogP contribution in [0.2, 0.25) is 0 Å². The molecule has 0 spiro atoms. The fraction of sp³-hybridized carbons (Fsp3) is 0.618. The first-order valence-electron chi connectivity index (χ1n) is 15.5. The molecule has 43 heavy (non-hydrogen) atoms. The van der Waals surface area contributed by atoms with E-state index in [-0.39, 0.29) is 31.7 Å². The van der Waals surface area contributed by atoms with Crippen LogP contribution in [0.25, 0.3) is 11.1 Å². The van der Waals surface area contributed by atoms with Crippen LogP contribution in [0.4, 0.5) is 5.69 Å². The van der Waals surface area contributed by atoms with Crippen LogP contribution in [0.5, 0.6) is 5.75 Å². The predicted octanol–water partition coefficient (Wildman–Crippen LogP) is 3.58. The van der Waals surface area contributed by atoms with Gasteiger partial charge in [0.15, 0.2) is 0 Å². The lowest BCUT2D eigenvalue weighted by molar-refractivity contribution is -0.183. The first kappa shape index (κ1) is 31.7. The molecule has 9 nitrogen and oxygen atoms in total. The Labute approximate surface area is 255 Å². The van der Waals surface area contributed by atoms with Crippen LogP contribution >= 0.6 is 0 Å². The highest BCUT2D eigenvalue weighted by Crippen LogP contribution is 2.61. The Morgan fingerprint density at radius 2 is 1.95 bits per heavy atom. The summed E-state index contributed by atoms with van der Waals surface area (Å²) in [7, 11) is 5.53. The van der Waals surface area contributed by atoms with E-state index in [1.54, 1.807) is 19.1 Å². The highest BCUT2D eigenvalue weighted by atomic mass is 16.7. The molecule has 3 aliphatic carbocycles. The minimum atomic E-state index is -0.868. The number of ether oxygens (including phenoxy) is 1. The number of carbonyl (C=O) groups is 1. The molecule has 0 aromatic heterocycles. The van der Waals surface area contributed by atoms with E-state index < -0.39 is 24.2 Å². The Bertz CT molecular complexity index is 1310. The molecule has 4 fully saturated rings. The number of nitrogens with zero attached hydrogens (tertiary/aromatic N) is 2. The van der Waals surface area contributed by atoms with Gasteiger partial charge in [-0.1, -0.05) is 39.0 Å². The monoisotopic (exact) mass is 595 g/mol. The molecule has 1 amide bonds. The van der Waals surface area contributed by atoms with Crippen molar-refractivity contribution < 1.29 is 29.7 Å². The largest absolute Gasteiger partial charge is 0.496 e. The van der Waals surface area contributed by atoms with Gasteiger partial charge in [0.05, 0.1) is 33.0 Å². The van der Waals surface area contributed by atoms with Crippen molar-refractivity contribution in [1.82, 2.24) is 10.4 Å². The van der Waals surface area contributed by atoms with Crippen LogP contribution < -0.4 is 15.0 Å². The number of carbonyl (C=O) groups excluding carboxylic acids is 1. The van der Waals surface area contributed by atoms with Crippen LogP contribution in [0.15, 0.2) is 36.4 Å². The maximum absolute atomic E-state index is 14.0. The molecule has 9 heteroatoms. The summed E-state index contributed by atoms with van der Waals surface area (Å²) in [5.41, 5.74) is 4.60. The molecule has 2 bridgehead atoms. The van der Waals surface area contributed by atoms with Gasteiger partial charge in [0, 0.05) is 42.9 Å².